The van der Waals surface area contributed by atoms with Crippen molar-refractivity contribution < 1.29 is 95.3 Å². The van der Waals surface area contributed by atoms with Crippen LogP contribution in [0.2, 0.25) is 0 Å². The van der Waals surface area contributed by atoms with Gasteiger partial charge in [-0.1, -0.05) is 215 Å². The van der Waals surface area contributed by atoms with Gasteiger partial charge in [0, 0.05) is 6.42 Å². The molecule has 0 N–H and O–H groups in total. The summed E-state index contributed by atoms with van der Waals surface area (Å²) in [5.74, 6) is -1.37. The van der Waals surface area contributed by atoms with Crippen molar-refractivity contribution in [3.8, 4) is 0 Å². The molecule has 0 aromatic rings. The van der Waals surface area contributed by atoms with Gasteiger partial charge in [-0.3, -0.25) is 28.8 Å². The maximum Gasteiger partial charge on any atom is 0.344 e. The second-order valence-electron chi connectivity index (χ2n) is 36.4. The molecule has 0 saturated heterocycles. The highest BCUT2D eigenvalue weighted by Crippen LogP contribution is 2.43. The maximum atomic E-state index is 12.2. The molecule has 2 atom stereocenters. The van der Waals surface area contributed by atoms with E-state index in [-0.39, 0.29) is 68.9 Å². The van der Waals surface area contributed by atoms with Crippen LogP contribution in [-0.2, 0) is 95.3 Å². The van der Waals surface area contributed by atoms with E-state index in [4.69, 9.17) is 47.4 Å². The lowest BCUT2D eigenvalue weighted by Crippen LogP contribution is -2.43. The predicted molar refractivity (Wildman–Crippen MR) is 484 cm³/mol. The van der Waals surface area contributed by atoms with Crippen LogP contribution in [-0.4, -0.2) is 121 Å². The Kier molecular flexibility index (Phi) is 65.3. The third-order valence-electron chi connectivity index (χ3n) is 25.6. The number of esters is 10. The Morgan fingerprint density at radius 2 is 0.445 bits per heavy atom. The Labute approximate surface area is 729 Å². The van der Waals surface area contributed by atoms with Crippen molar-refractivity contribution in [2.24, 2.45) is 56.7 Å². The van der Waals surface area contributed by atoms with Crippen LogP contribution in [0.3, 0.4) is 0 Å². The van der Waals surface area contributed by atoms with Crippen molar-refractivity contribution in [1.82, 2.24) is 0 Å². The Balaban J connectivity index is -0.000000443. The van der Waals surface area contributed by atoms with Gasteiger partial charge in [0.25, 0.3) is 0 Å². The molecule has 5 aliphatic rings. The van der Waals surface area contributed by atoms with Crippen molar-refractivity contribution in [3.05, 3.63) is 0 Å². The third kappa shape index (κ3) is 46.8. The highest BCUT2D eigenvalue weighted by Gasteiger charge is 2.44. The van der Waals surface area contributed by atoms with E-state index in [9.17, 15) is 47.9 Å². The van der Waals surface area contributed by atoms with Crippen molar-refractivity contribution >= 4 is 59.7 Å². The largest absolute Gasteiger partial charge is 0.465 e. The molecule has 0 aromatic carbocycles. The normalized spacial score (nSPS) is 16.6. The molecule has 2 unspecified atom stereocenters. The summed E-state index contributed by atoms with van der Waals surface area (Å²) in [5.41, 5.74) is -4.81. The molecule has 0 amide bonds. The summed E-state index contributed by atoms with van der Waals surface area (Å²) >= 11 is 0. The summed E-state index contributed by atoms with van der Waals surface area (Å²) < 4.78 is 54.1. The van der Waals surface area contributed by atoms with Crippen LogP contribution in [0.5, 0.6) is 0 Å². The Hall–Kier alpha value is -5.30. The van der Waals surface area contributed by atoms with Gasteiger partial charge in [0.15, 0.2) is 26.4 Å². The summed E-state index contributed by atoms with van der Waals surface area (Å²) in [4.78, 5) is 120. The SMILES string of the molecule is CC.CC.CC.CC.CC.CCC(C)(C)C(=O)OCC(=O)OC(C)(C)C1CCCC1.CCC(C)(C)C(=O)OCC(=O)OC(C)(CC)C1CCCC1.CCC(C)(C)C(=O)OCC(=O)OC(C)(CC)C1CCCCC1.CCC(C)(C)C(=O)OCC(=O)OC(CC)(CC)C1CCCCC1.CCC(C)(C)C(=O)OCCCC(=O)OC(C)(C)C1CCCCC1. The zero-order chi connectivity index (χ0) is 93.3. The summed E-state index contributed by atoms with van der Waals surface area (Å²) in [6.07, 6.45) is 34.6. The lowest BCUT2D eigenvalue weighted by atomic mass is 9.74. The van der Waals surface area contributed by atoms with Crippen LogP contribution in [0.25, 0.3) is 0 Å². The molecule has 119 heavy (non-hydrogen) atoms. The minimum Gasteiger partial charge on any atom is -0.465 e. The third-order valence-corrected chi connectivity index (χ3v) is 25.6. The topological polar surface area (TPSA) is 263 Å². The van der Waals surface area contributed by atoms with Crippen LogP contribution in [0.1, 0.15) is 461 Å². The first kappa shape index (κ1) is 122. The van der Waals surface area contributed by atoms with Crippen molar-refractivity contribution in [2.45, 2.75) is 489 Å². The van der Waals surface area contributed by atoms with Gasteiger partial charge in [0.1, 0.15) is 28.0 Å². The van der Waals surface area contributed by atoms with Crippen LogP contribution in [0, 0.1) is 56.7 Å². The zero-order valence-electron chi connectivity index (χ0n) is 83.6. The van der Waals surface area contributed by atoms with Gasteiger partial charge in [-0.15, -0.1) is 0 Å². The fraction of sp³-hybridized carbons (Fsp3) is 0.899. The van der Waals surface area contributed by atoms with Crippen molar-refractivity contribution in [2.75, 3.05) is 33.0 Å². The Bertz CT molecular complexity index is 2740. The van der Waals surface area contributed by atoms with Gasteiger partial charge < -0.3 is 47.4 Å². The van der Waals surface area contributed by atoms with E-state index in [1.165, 1.54) is 83.5 Å². The molecule has 0 bridgehead atoms. The minimum absolute atomic E-state index is 0.189. The molecule has 0 spiro atoms. The molecular formula is C99H188O20. The average Bonchev–Trinajstić information content (AvgIpc) is 1.64. The van der Waals surface area contributed by atoms with Gasteiger partial charge in [-0.25, -0.2) is 19.2 Å². The molecular weight excluding hydrogens is 1510 g/mol. The quantitative estimate of drug-likeness (QED) is 0.0320. The van der Waals surface area contributed by atoms with Gasteiger partial charge in [-0.2, -0.15) is 0 Å². The fourth-order valence-corrected chi connectivity index (χ4v) is 14.5. The molecule has 5 rings (SSSR count). The minimum atomic E-state index is -0.559. The highest BCUT2D eigenvalue weighted by molar-refractivity contribution is 5.82. The smallest absolute Gasteiger partial charge is 0.344 e. The summed E-state index contributed by atoms with van der Waals surface area (Å²) in [7, 11) is 0. The lowest BCUT2D eigenvalue weighted by molar-refractivity contribution is -0.180. The average molecular weight is 1700 g/mol. The lowest BCUT2D eigenvalue weighted by Gasteiger charge is -2.41. The van der Waals surface area contributed by atoms with Crippen LogP contribution >= 0.6 is 0 Å². The van der Waals surface area contributed by atoms with E-state index in [0.29, 0.717) is 68.1 Å². The molecule has 0 radical (unpaired) electrons. The molecule has 0 aromatic heterocycles. The summed E-state index contributed by atoms with van der Waals surface area (Å²) in [6.45, 7) is 67.3. The first-order valence-electron chi connectivity index (χ1n) is 47.6. The van der Waals surface area contributed by atoms with Crippen molar-refractivity contribution in [1.29, 1.82) is 0 Å². The van der Waals surface area contributed by atoms with E-state index in [0.717, 1.165) is 96.3 Å². The Morgan fingerprint density at radius 3 is 0.689 bits per heavy atom. The maximum absolute atomic E-state index is 12.2. The summed E-state index contributed by atoms with van der Waals surface area (Å²) in [6, 6.07) is 0. The summed E-state index contributed by atoms with van der Waals surface area (Å²) in [5, 5.41) is 0. The second-order valence-corrected chi connectivity index (χ2v) is 36.4. The van der Waals surface area contributed by atoms with E-state index in [1.54, 1.807) is 0 Å². The number of rotatable bonds is 36. The molecule has 5 fully saturated rings. The first-order valence-corrected chi connectivity index (χ1v) is 47.6. The monoisotopic (exact) mass is 1700 g/mol. The van der Waals surface area contributed by atoms with E-state index in [1.807, 2.05) is 228 Å². The first-order chi connectivity index (χ1) is 55.7. The Morgan fingerprint density at radius 1 is 0.235 bits per heavy atom. The molecule has 5 saturated carbocycles. The predicted octanol–water partition coefficient (Wildman–Crippen LogP) is 26.0. The molecule has 704 valence electrons. The highest BCUT2D eigenvalue weighted by atomic mass is 16.6. The fourth-order valence-electron chi connectivity index (χ4n) is 14.5. The molecule has 0 heterocycles. The second kappa shape index (κ2) is 63.6. The van der Waals surface area contributed by atoms with Gasteiger partial charge in [0.2, 0.25) is 0 Å². The van der Waals surface area contributed by atoms with Crippen LogP contribution in [0.4, 0.5) is 0 Å². The number of carbonyl (C=O) groups is 10. The number of ether oxygens (including phenoxy) is 10. The van der Waals surface area contributed by atoms with Crippen LogP contribution in [0.15, 0.2) is 0 Å². The van der Waals surface area contributed by atoms with Gasteiger partial charge in [-0.05, 0) is 269 Å². The van der Waals surface area contributed by atoms with Gasteiger partial charge >= 0.3 is 59.7 Å². The van der Waals surface area contributed by atoms with Crippen molar-refractivity contribution in [3.63, 3.8) is 0 Å². The van der Waals surface area contributed by atoms with E-state index in [2.05, 4.69) is 13.8 Å². The van der Waals surface area contributed by atoms with E-state index < -0.39 is 79.0 Å². The number of carbonyl (C=O) groups excluding carboxylic acids is 10. The van der Waals surface area contributed by atoms with E-state index >= 15 is 0 Å². The van der Waals surface area contributed by atoms with Gasteiger partial charge in [0.05, 0.1) is 33.7 Å². The van der Waals surface area contributed by atoms with Crippen LogP contribution < -0.4 is 0 Å². The molecule has 0 aliphatic heterocycles. The number of hydrogen-bond acceptors (Lipinski definition) is 20. The number of hydrogen-bond donors (Lipinski definition) is 0. The standard InChI is InChI=1S/2C19H34O4.C18H32O4.C17H30O4.C16H28O4.5C2H6/c1-6-18(2,3)17(21)22-14-10-13-16(20)23-19(4,5)15-11-8-7-9-12-15;1-6-18(4,5)17(21)22-14-16(20)23-19(7-2,8-3)15-12-10-9-11-13-15;1-6-17(3,4)16(20)21-13-15(19)22-18(5,7-2)14-11-9-8-10-12-14;1-6-16(3,4)15(19)20-12-14(18)21-17(5,7-2)13-10-8-9-11-13;1-6-15(2,3)14(18)19-11-13(17)20-16(4,5)12-9-7-8-10-12;5*1-2/h2*15H,6-14H2,1-5H3;14H,6-13H2,1-5H3;13H,6-12H2,1-5H3;12H,6-11H2,1-5H3;5*1-2H3. The molecule has 5 aliphatic carbocycles. The zero-order valence-corrected chi connectivity index (χ0v) is 83.6. The molecule has 20 nitrogen and oxygen atoms in total. The molecule has 20 heteroatoms.